The normalized spacial score (nSPS) is 19.0. The molecule has 0 aliphatic carbocycles. The Bertz CT molecular complexity index is 1040. The number of aliphatic imine (C=N–C) groups is 1. The first kappa shape index (κ1) is 23.6. The summed E-state index contributed by atoms with van der Waals surface area (Å²) in [4.78, 5) is 34.7. The fourth-order valence-corrected chi connectivity index (χ4v) is 4.72. The fraction of sp³-hybridized carbons (Fsp3) is 0.478. The standard InChI is InChI=1S/C23H28N8O2S/c24-16-26-23(25-13-17-6-8-18(9-7-17)20-14-27-29-34-20)28-19-5-1-2-12-31(22(19)33)15-21(32)30-10-3-4-11-30/h6-9,14,19H,1-5,10-13,15H2,(H2,25,26,28). The van der Waals surface area contributed by atoms with Crippen LogP contribution in [0.25, 0.3) is 10.4 Å². The Morgan fingerprint density at radius 2 is 1.94 bits per heavy atom. The van der Waals surface area contributed by atoms with E-state index in [0.29, 0.717) is 19.5 Å². The van der Waals surface area contributed by atoms with Gasteiger partial charge in [0.15, 0.2) is 6.19 Å². The van der Waals surface area contributed by atoms with Crippen LogP contribution in [0.2, 0.25) is 0 Å². The number of hydrogen-bond acceptors (Lipinski definition) is 7. The van der Waals surface area contributed by atoms with Crippen molar-refractivity contribution >= 4 is 29.3 Å². The van der Waals surface area contributed by atoms with Crippen molar-refractivity contribution in [2.45, 2.75) is 44.7 Å². The molecule has 1 aromatic heterocycles. The van der Waals surface area contributed by atoms with Gasteiger partial charge in [-0.1, -0.05) is 28.8 Å². The van der Waals surface area contributed by atoms with Crippen molar-refractivity contribution in [1.29, 1.82) is 5.26 Å². The first-order valence-electron chi connectivity index (χ1n) is 11.5. The predicted molar refractivity (Wildman–Crippen MR) is 128 cm³/mol. The number of benzene rings is 1. The number of rotatable bonds is 6. The molecule has 0 bridgehead atoms. The van der Waals surface area contributed by atoms with E-state index in [4.69, 9.17) is 0 Å². The number of aromatic nitrogens is 2. The third-order valence-electron chi connectivity index (χ3n) is 6.07. The molecule has 2 fully saturated rings. The minimum absolute atomic E-state index is 0.00750. The SMILES string of the molecule is N#CNC(=NCc1ccc(-c2cnns2)cc1)NC1CCCCN(CC(=O)N2CCCC2)C1=O. The summed E-state index contributed by atoms with van der Waals surface area (Å²) in [6, 6.07) is 7.36. The number of nitrogens with zero attached hydrogens (tertiary/aromatic N) is 6. The van der Waals surface area contributed by atoms with E-state index in [1.807, 2.05) is 35.4 Å². The highest BCUT2D eigenvalue weighted by Crippen LogP contribution is 2.22. The summed E-state index contributed by atoms with van der Waals surface area (Å²) in [5, 5.41) is 18.7. The lowest BCUT2D eigenvalue weighted by molar-refractivity contribution is -0.140. The lowest BCUT2D eigenvalue weighted by Gasteiger charge is -2.27. The van der Waals surface area contributed by atoms with Gasteiger partial charge in [0.05, 0.1) is 24.2 Å². The molecular weight excluding hydrogens is 452 g/mol. The van der Waals surface area contributed by atoms with Crippen molar-refractivity contribution in [3.8, 4) is 16.6 Å². The minimum atomic E-state index is -0.533. The molecule has 2 amide bonds. The average molecular weight is 481 g/mol. The number of guanidine groups is 1. The second kappa shape index (κ2) is 11.6. The van der Waals surface area contributed by atoms with Crippen LogP contribution >= 0.6 is 11.5 Å². The molecule has 2 N–H and O–H groups in total. The second-order valence-corrected chi connectivity index (χ2v) is 9.21. The number of likely N-dealkylation sites (tertiary alicyclic amines) is 2. The van der Waals surface area contributed by atoms with Gasteiger partial charge >= 0.3 is 0 Å². The lowest BCUT2D eigenvalue weighted by atomic mass is 10.1. The molecular formula is C23H28N8O2S. The van der Waals surface area contributed by atoms with E-state index in [9.17, 15) is 14.9 Å². The van der Waals surface area contributed by atoms with E-state index >= 15 is 0 Å². The topological polar surface area (TPSA) is 127 Å². The van der Waals surface area contributed by atoms with Gasteiger partial charge in [-0.25, -0.2) is 4.99 Å². The Balaban J connectivity index is 1.39. The molecule has 0 saturated carbocycles. The van der Waals surface area contributed by atoms with Gasteiger partial charge in [0.1, 0.15) is 6.04 Å². The molecule has 178 valence electrons. The van der Waals surface area contributed by atoms with Crippen LogP contribution in [0.4, 0.5) is 0 Å². The molecule has 2 saturated heterocycles. The molecule has 0 radical (unpaired) electrons. The number of carbonyl (C=O) groups excluding carboxylic acids is 2. The van der Waals surface area contributed by atoms with Crippen molar-refractivity contribution < 1.29 is 9.59 Å². The summed E-state index contributed by atoms with van der Waals surface area (Å²) in [7, 11) is 0. The monoisotopic (exact) mass is 480 g/mol. The molecule has 10 nitrogen and oxygen atoms in total. The molecule has 1 unspecified atom stereocenters. The highest BCUT2D eigenvalue weighted by Gasteiger charge is 2.30. The molecule has 3 heterocycles. The van der Waals surface area contributed by atoms with E-state index in [1.165, 1.54) is 11.5 Å². The summed E-state index contributed by atoms with van der Waals surface area (Å²) in [6.45, 7) is 2.56. The summed E-state index contributed by atoms with van der Waals surface area (Å²) >= 11 is 1.33. The van der Waals surface area contributed by atoms with Crippen LogP contribution in [0.3, 0.4) is 0 Å². The molecule has 2 aliphatic heterocycles. The summed E-state index contributed by atoms with van der Waals surface area (Å²) in [5.74, 6) is 0.136. The number of amides is 2. The smallest absolute Gasteiger partial charge is 0.245 e. The van der Waals surface area contributed by atoms with Crippen molar-refractivity contribution in [2.24, 2.45) is 4.99 Å². The molecule has 11 heteroatoms. The zero-order chi connectivity index (χ0) is 23.8. The Labute approximate surface area is 202 Å². The zero-order valence-corrected chi connectivity index (χ0v) is 19.8. The summed E-state index contributed by atoms with van der Waals surface area (Å²) in [5.41, 5.74) is 1.99. The average Bonchev–Trinajstić information content (AvgIpc) is 3.56. The first-order chi connectivity index (χ1) is 16.6. The molecule has 2 aromatic rings. The predicted octanol–water partition coefficient (Wildman–Crippen LogP) is 1.72. The molecule has 34 heavy (non-hydrogen) atoms. The zero-order valence-electron chi connectivity index (χ0n) is 18.9. The van der Waals surface area contributed by atoms with Crippen LogP contribution in [-0.4, -0.2) is 69.4 Å². The van der Waals surface area contributed by atoms with Gasteiger partial charge in [-0.15, -0.1) is 5.10 Å². The quantitative estimate of drug-likeness (QED) is 0.279. The van der Waals surface area contributed by atoms with E-state index < -0.39 is 6.04 Å². The Hall–Kier alpha value is -3.52. The minimum Gasteiger partial charge on any atom is -0.344 e. The Morgan fingerprint density at radius 3 is 2.65 bits per heavy atom. The van der Waals surface area contributed by atoms with Crippen LogP contribution in [0.5, 0.6) is 0 Å². The van der Waals surface area contributed by atoms with E-state index in [1.54, 1.807) is 11.1 Å². The van der Waals surface area contributed by atoms with Crippen LogP contribution in [0, 0.1) is 11.5 Å². The van der Waals surface area contributed by atoms with E-state index in [-0.39, 0.29) is 24.3 Å². The van der Waals surface area contributed by atoms with Crippen molar-refractivity contribution in [1.82, 2.24) is 30.0 Å². The van der Waals surface area contributed by atoms with E-state index in [0.717, 1.165) is 54.8 Å². The number of hydrogen-bond donors (Lipinski definition) is 2. The van der Waals surface area contributed by atoms with Gasteiger partial charge < -0.3 is 15.1 Å². The Kier molecular flexibility index (Phi) is 8.04. The maximum atomic E-state index is 13.2. The van der Waals surface area contributed by atoms with Gasteiger partial charge in [-0.05, 0) is 54.8 Å². The van der Waals surface area contributed by atoms with Crippen LogP contribution in [0.15, 0.2) is 35.5 Å². The maximum absolute atomic E-state index is 13.2. The van der Waals surface area contributed by atoms with Crippen LogP contribution < -0.4 is 10.6 Å². The lowest BCUT2D eigenvalue weighted by Crippen LogP contribution is -2.52. The molecule has 4 rings (SSSR count). The van der Waals surface area contributed by atoms with Crippen molar-refractivity contribution in [3.63, 3.8) is 0 Å². The van der Waals surface area contributed by atoms with Gasteiger partial charge in [0.25, 0.3) is 0 Å². The van der Waals surface area contributed by atoms with E-state index in [2.05, 4.69) is 25.2 Å². The van der Waals surface area contributed by atoms with Crippen molar-refractivity contribution in [2.75, 3.05) is 26.2 Å². The maximum Gasteiger partial charge on any atom is 0.245 e. The Morgan fingerprint density at radius 1 is 1.18 bits per heavy atom. The molecule has 2 aliphatic rings. The highest BCUT2D eigenvalue weighted by molar-refractivity contribution is 7.09. The second-order valence-electron chi connectivity index (χ2n) is 8.42. The summed E-state index contributed by atoms with van der Waals surface area (Å²) < 4.78 is 3.88. The van der Waals surface area contributed by atoms with Gasteiger partial charge in [0, 0.05) is 19.6 Å². The fourth-order valence-electron chi connectivity index (χ4n) is 4.20. The van der Waals surface area contributed by atoms with Crippen LogP contribution in [-0.2, 0) is 16.1 Å². The molecule has 1 atom stereocenters. The number of nitrogens with one attached hydrogen (secondary N) is 2. The largest absolute Gasteiger partial charge is 0.344 e. The third-order valence-corrected chi connectivity index (χ3v) is 6.78. The summed E-state index contributed by atoms with van der Waals surface area (Å²) in [6.07, 6.45) is 7.98. The molecule has 1 aromatic carbocycles. The first-order valence-corrected chi connectivity index (χ1v) is 12.3. The van der Waals surface area contributed by atoms with Gasteiger partial charge in [-0.2, -0.15) is 5.26 Å². The van der Waals surface area contributed by atoms with Gasteiger partial charge in [-0.3, -0.25) is 14.9 Å². The highest BCUT2D eigenvalue weighted by atomic mass is 32.1. The van der Waals surface area contributed by atoms with Crippen molar-refractivity contribution in [3.05, 3.63) is 36.0 Å². The third kappa shape index (κ3) is 6.08. The molecule has 0 spiro atoms. The number of nitriles is 1. The van der Waals surface area contributed by atoms with Crippen LogP contribution in [0.1, 0.15) is 37.7 Å². The number of carbonyl (C=O) groups is 2. The van der Waals surface area contributed by atoms with Gasteiger partial charge in [0.2, 0.25) is 17.8 Å².